The van der Waals surface area contributed by atoms with Gasteiger partial charge in [0.15, 0.2) is 0 Å². The first kappa shape index (κ1) is 43.2. The molecule has 5 heteroatoms. The molecule has 65 heavy (non-hydrogen) atoms. The Bertz CT molecular complexity index is 3180. The summed E-state index contributed by atoms with van der Waals surface area (Å²) in [6.07, 6.45) is 30.7. The lowest BCUT2D eigenvalue weighted by Gasteiger charge is -2.34. The van der Waals surface area contributed by atoms with E-state index in [9.17, 15) is 0 Å². The molecule has 2 aromatic heterocycles. The van der Waals surface area contributed by atoms with Crippen molar-refractivity contribution in [1.29, 1.82) is 0 Å². The molecule has 0 amide bonds. The molecule has 3 heterocycles. The predicted molar refractivity (Wildman–Crippen MR) is 286 cm³/mol. The van der Waals surface area contributed by atoms with Gasteiger partial charge in [-0.2, -0.15) is 0 Å². The summed E-state index contributed by atoms with van der Waals surface area (Å²) < 4.78 is 2.63. The van der Waals surface area contributed by atoms with E-state index in [1.165, 1.54) is 53.5 Å². The highest BCUT2D eigenvalue weighted by atomic mass is 32.2. The van der Waals surface area contributed by atoms with Crippen LogP contribution in [0.2, 0.25) is 0 Å². The van der Waals surface area contributed by atoms with Gasteiger partial charge in [-0.05, 0) is 103 Å². The molecular weight excluding hydrogens is 827 g/mol. The molecule has 0 spiro atoms. The van der Waals surface area contributed by atoms with E-state index in [0.717, 1.165) is 56.4 Å². The SMILES string of the molecule is C=C1SC(=C\N/C(C)=C/C=C(C)\C=C(/C)c2ccccc2)/C=C(c2ccccc2)\C=C/C1=C/C(=C\Cc1cccc2c1[nH]c1c3ccccc3sc21)N(c1ccccc1)C1C=CC=CC1. The highest BCUT2D eigenvalue weighted by Gasteiger charge is 2.22. The smallest absolute Gasteiger partial charge is 0.0654 e. The number of nitrogens with one attached hydrogen (secondary N) is 2. The summed E-state index contributed by atoms with van der Waals surface area (Å²) in [6.45, 7) is 11.1. The van der Waals surface area contributed by atoms with Crippen LogP contribution >= 0.6 is 23.1 Å². The van der Waals surface area contributed by atoms with Crippen molar-refractivity contribution >= 4 is 71.1 Å². The maximum Gasteiger partial charge on any atom is 0.0654 e. The molecule has 1 atom stereocenters. The molecule has 0 radical (unpaired) electrons. The monoisotopic (exact) mass is 879 g/mol. The van der Waals surface area contributed by atoms with E-state index in [4.69, 9.17) is 6.58 Å². The number of anilines is 1. The third-order valence-corrected chi connectivity index (χ3v) is 14.0. The maximum atomic E-state index is 4.72. The number of thiophene rings is 1. The predicted octanol–water partition coefficient (Wildman–Crippen LogP) is 16.6. The third-order valence-electron chi connectivity index (χ3n) is 11.8. The summed E-state index contributed by atoms with van der Waals surface area (Å²) >= 11 is 3.55. The van der Waals surface area contributed by atoms with Crippen LogP contribution in [0.4, 0.5) is 5.69 Å². The van der Waals surface area contributed by atoms with Crippen LogP contribution in [-0.4, -0.2) is 11.0 Å². The van der Waals surface area contributed by atoms with E-state index in [0.29, 0.717) is 0 Å². The molecule has 3 nitrogen and oxygen atoms in total. The molecule has 0 saturated heterocycles. The zero-order chi connectivity index (χ0) is 44.5. The number of nitrogens with zero attached hydrogens (tertiary/aromatic N) is 1. The molecule has 1 aliphatic heterocycles. The van der Waals surface area contributed by atoms with Crippen LogP contribution in [0.3, 0.4) is 0 Å². The largest absolute Gasteiger partial charge is 0.364 e. The van der Waals surface area contributed by atoms with Gasteiger partial charge in [-0.3, -0.25) is 0 Å². The summed E-state index contributed by atoms with van der Waals surface area (Å²) in [5.41, 5.74) is 14.0. The molecule has 0 fully saturated rings. The Labute approximate surface area is 392 Å². The number of hydrogen-bond acceptors (Lipinski definition) is 4. The second-order valence-corrected chi connectivity index (χ2v) is 18.7. The number of benzene rings is 5. The van der Waals surface area contributed by atoms with Gasteiger partial charge in [-0.15, -0.1) is 11.3 Å². The Hall–Kier alpha value is -7.05. The van der Waals surface area contributed by atoms with E-state index in [-0.39, 0.29) is 6.04 Å². The van der Waals surface area contributed by atoms with Gasteiger partial charge >= 0.3 is 0 Å². The zero-order valence-corrected chi connectivity index (χ0v) is 38.8. The van der Waals surface area contributed by atoms with E-state index >= 15 is 0 Å². The van der Waals surface area contributed by atoms with Gasteiger partial charge in [0.2, 0.25) is 0 Å². The number of allylic oxidation sites excluding steroid dienone is 15. The summed E-state index contributed by atoms with van der Waals surface area (Å²) in [7, 11) is 0. The fourth-order valence-corrected chi connectivity index (χ4v) is 10.5. The van der Waals surface area contributed by atoms with Crippen molar-refractivity contribution in [1.82, 2.24) is 10.3 Å². The van der Waals surface area contributed by atoms with Crippen molar-refractivity contribution in [3.8, 4) is 0 Å². The van der Waals surface area contributed by atoms with Crippen LogP contribution in [0.1, 0.15) is 43.9 Å². The van der Waals surface area contributed by atoms with E-state index in [1.807, 2.05) is 11.3 Å². The van der Waals surface area contributed by atoms with Crippen LogP contribution in [0.25, 0.3) is 42.4 Å². The van der Waals surface area contributed by atoms with Crippen LogP contribution < -0.4 is 10.2 Å². The number of para-hydroxylation sites is 2. The molecule has 2 N–H and O–H groups in total. The standard InChI is InChI=1S/C60H53N3S2/c1-42(38-43(2)46-20-9-5-10-21-46)32-33-44(3)61-41-54-40-50(47-22-11-6-12-23-47)35-34-49(45(4)64-54)39-53(63(51-25-13-7-14-26-51)52-27-15-8-16-28-52)37-36-48-24-19-30-56-58(48)62-59-55-29-17-18-31-57(55)65-60(56)59/h5-27,29-35,37-41,52,61-62H,4,28,36H2,1-3H3/b35-34-,42-32-,43-38+,44-33+,49-39-,50-40+,53-37+,54-41-. The van der Waals surface area contributed by atoms with E-state index in [2.05, 4.69) is 249 Å². The zero-order valence-electron chi connectivity index (χ0n) is 37.2. The van der Waals surface area contributed by atoms with Crippen molar-refractivity contribution in [2.75, 3.05) is 4.90 Å². The van der Waals surface area contributed by atoms with Crippen LogP contribution in [0, 0.1) is 0 Å². The number of aromatic amines is 1. The summed E-state index contributed by atoms with van der Waals surface area (Å²) in [5, 5.41) is 6.15. The number of fused-ring (bicyclic) bond motifs is 5. The number of rotatable bonds is 12. The minimum absolute atomic E-state index is 0.131. The fourth-order valence-electron chi connectivity index (χ4n) is 8.45. The Kier molecular flexibility index (Phi) is 13.4. The molecule has 1 aliphatic carbocycles. The lowest BCUT2D eigenvalue weighted by atomic mass is 10.0. The molecule has 1 unspecified atom stereocenters. The molecule has 2 aliphatic rings. The van der Waals surface area contributed by atoms with Crippen LogP contribution in [0.5, 0.6) is 0 Å². The van der Waals surface area contributed by atoms with E-state index < -0.39 is 0 Å². The Balaban J connectivity index is 1.09. The van der Waals surface area contributed by atoms with Crippen molar-refractivity contribution in [3.63, 3.8) is 0 Å². The highest BCUT2D eigenvalue weighted by Crippen LogP contribution is 2.41. The maximum absolute atomic E-state index is 4.72. The Morgan fingerprint density at radius 1 is 0.785 bits per heavy atom. The van der Waals surface area contributed by atoms with Crippen LogP contribution in [-0.2, 0) is 6.42 Å². The minimum atomic E-state index is 0.131. The lowest BCUT2D eigenvalue weighted by Crippen LogP contribution is -2.33. The molecule has 0 bridgehead atoms. The van der Waals surface area contributed by atoms with Crippen molar-refractivity contribution in [3.05, 3.63) is 268 Å². The third kappa shape index (κ3) is 10.2. The Morgan fingerprint density at radius 3 is 2.31 bits per heavy atom. The Morgan fingerprint density at radius 2 is 1.52 bits per heavy atom. The first-order valence-corrected chi connectivity index (χ1v) is 23.9. The van der Waals surface area contributed by atoms with Gasteiger partial charge in [0.05, 0.1) is 21.8 Å². The molecule has 7 aromatic rings. The van der Waals surface area contributed by atoms with Gasteiger partial charge in [-0.25, -0.2) is 0 Å². The number of aromatic nitrogens is 1. The topological polar surface area (TPSA) is 31.1 Å². The molecule has 5 aromatic carbocycles. The number of thioether (sulfide) groups is 1. The summed E-state index contributed by atoms with van der Waals surface area (Å²) in [6, 6.07) is 47.5. The molecule has 9 rings (SSSR count). The van der Waals surface area contributed by atoms with Crippen molar-refractivity contribution < 1.29 is 0 Å². The van der Waals surface area contributed by atoms with Crippen LogP contribution in [0.15, 0.2) is 252 Å². The highest BCUT2D eigenvalue weighted by molar-refractivity contribution is 8.07. The van der Waals surface area contributed by atoms with Gasteiger partial charge in [0.25, 0.3) is 0 Å². The quantitative estimate of drug-likeness (QED) is 0.120. The minimum Gasteiger partial charge on any atom is -0.364 e. The van der Waals surface area contributed by atoms with Gasteiger partial charge in [0, 0.05) is 48.6 Å². The number of hydrogen-bond donors (Lipinski definition) is 2. The van der Waals surface area contributed by atoms with E-state index in [1.54, 1.807) is 11.8 Å². The lowest BCUT2D eigenvalue weighted by molar-refractivity contribution is 0.760. The summed E-state index contributed by atoms with van der Waals surface area (Å²) in [4.78, 5) is 8.39. The van der Waals surface area contributed by atoms with Gasteiger partial charge in [-0.1, -0.05) is 194 Å². The average molecular weight is 880 g/mol. The summed E-state index contributed by atoms with van der Waals surface area (Å²) in [5.74, 6) is 0. The first-order valence-electron chi connectivity index (χ1n) is 22.3. The van der Waals surface area contributed by atoms with Gasteiger partial charge < -0.3 is 15.2 Å². The molecular formula is C60H53N3S2. The molecule has 320 valence electrons. The second kappa shape index (κ2) is 20.2. The average Bonchev–Trinajstić information content (AvgIpc) is 3.90. The fraction of sp³-hybridized carbons (Fsp3) is 0.100. The first-order chi connectivity index (χ1) is 31.9. The molecule has 0 saturated carbocycles. The second-order valence-electron chi connectivity index (χ2n) is 16.5. The number of H-pyrrole nitrogens is 1. The van der Waals surface area contributed by atoms with Crippen molar-refractivity contribution in [2.24, 2.45) is 0 Å². The normalized spacial score (nSPS) is 18.9. The van der Waals surface area contributed by atoms with Crippen molar-refractivity contribution in [2.45, 2.75) is 39.7 Å². The van der Waals surface area contributed by atoms with Gasteiger partial charge in [0.1, 0.15) is 0 Å².